The van der Waals surface area contributed by atoms with Crippen molar-refractivity contribution < 1.29 is 18.3 Å². The van der Waals surface area contributed by atoms with E-state index in [-0.39, 0.29) is 6.61 Å². The number of aryl methyl sites for hydroxylation is 1. The van der Waals surface area contributed by atoms with Gasteiger partial charge in [0.25, 0.3) is 0 Å². The molecule has 2 aromatic carbocycles. The first-order chi connectivity index (χ1) is 9.50. The Bertz CT molecular complexity index is 541. The fourth-order valence-electron chi connectivity index (χ4n) is 2.00. The molecule has 1 nitrogen and oxygen atoms in total. The molecule has 20 heavy (non-hydrogen) atoms. The smallest absolute Gasteiger partial charge is 0.396 e. The van der Waals surface area contributed by atoms with Gasteiger partial charge in [-0.1, -0.05) is 36.4 Å². The van der Waals surface area contributed by atoms with Crippen LogP contribution in [0.2, 0.25) is 0 Å². The number of aliphatic hydroxyl groups excluding tert-OH is 1. The molecule has 0 saturated heterocycles. The second-order valence-electron chi connectivity index (χ2n) is 4.60. The molecule has 0 heterocycles. The minimum atomic E-state index is -4.30. The summed E-state index contributed by atoms with van der Waals surface area (Å²) in [6.45, 7) is 0.153. The molecule has 2 rings (SSSR count). The molecule has 0 atom stereocenters. The minimum absolute atomic E-state index is 0.153. The van der Waals surface area contributed by atoms with Crippen molar-refractivity contribution in [3.8, 4) is 11.1 Å². The molecule has 0 aliphatic carbocycles. The third-order valence-corrected chi connectivity index (χ3v) is 3.12. The first-order valence-electron chi connectivity index (χ1n) is 6.38. The van der Waals surface area contributed by atoms with Crippen LogP contribution >= 0.6 is 0 Å². The Labute approximate surface area is 115 Å². The summed E-state index contributed by atoms with van der Waals surface area (Å²) in [5, 5.41) is 8.76. The molecule has 0 bridgehead atoms. The second kappa shape index (κ2) is 6.09. The zero-order chi connectivity index (χ0) is 14.6. The number of halogens is 3. The SMILES string of the molecule is OCCCc1ccc(-c2ccc(C(F)(F)F)cc2)cc1. The maximum Gasteiger partial charge on any atom is 0.416 e. The van der Waals surface area contributed by atoms with Crippen LogP contribution in [0.25, 0.3) is 11.1 Å². The lowest BCUT2D eigenvalue weighted by Crippen LogP contribution is -2.03. The maximum atomic E-state index is 12.5. The number of benzene rings is 2. The highest BCUT2D eigenvalue weighted by Crippen LogP contribution is 2.31. The van der Waals surface area contributed by atoms with Crippen molar-refractivity contribution in [1.29, 1.82) is 0 Å². The maximum absolute atomic E-state index is 12.5. The molecule has 0 amide bonds. The first-order valence-corrected chi connectivity index (χ1v) is 6.38. The van der Waals surface area contributed by atoms with Crippen molar-refractivity contribution in [3.63, 3.8) is 0 Å². The van der Waals surface area contributed by atoms with Gasteiger partial charge in [-0.3, -0.25) is 0 Å². The third-order valence-electron chi connectivity index (χ3n) is 3.12. The molecule has 1 N–H and O–H groups in total. The Morgan fingerprint density at radius 3 is 1.75 bits per heavy atom. The van der Waals surface area contributed by atoms with E-state index >= 15 is 0 Å². The fourth-order valence-corrected chi connectivity index (χ4v) is 2.00. The summed E-state index contributed by atoms with van der Waals surface area (Å²) in [5.41, 5.74) is 2.11. The molecule has 0 spiro atoms. The van der Waals surface area contributed by atoms with Crippen LogP contribution in [0.4, 0.5) is 13.2 Å². The van der Waals surface area contributed by atoms with E-state index in [4.69, 9.17) is 5.11 Å². The Balaban J connectivity index is 2.15. The van der Waals surface area contributed by atoms with Crippen LogP contribution in [0, 0.1) is 0 Å². The molecule has 0 saturated carbocycles. The zero-order valence-electron chi connectivity index (χ0n) is 10.8. The van der Waals surface area contributed by atoms with Gasteiger partial charge in [-0.2, -0.15) is 13.2 Å². The van der Waals surface area contributed by atoms with Crippen molar-refractivity contribution in [3.05, 3.63) is 59.7 Å². The van der Waals surface area contributed by atoms with E-state index < -0.39 is 11.7 Å². The van der Waals surface area contributed by atoms with Crippen molar-refractivity contribution >= 4 is 0 Å². The van der Waals surface area contributed by atoms with E-state index in [1.807, 2.05) is 24.3 Å². The summed E-state index contributed by atoms with van der Waals surface area (Å²) < 4.78 is 37.4. The molecule has 4 heteroatoms. The number of hydrogen-bond donors (Lipinski definition) is 1. The molecule has 0 unspecified atom stereocenters. The topological polar surface area (TPSA) is 20.2 Å². The van der Waals surface area contributed by atoms with Crippen LogP contribution < -0.4 is 0 Å². The summed E-state index contributed by atoms with van der Waals surface area (Å²) in [5.74, 6) is 0. The first kappa shape index (κ1) is 14.6. The van der Waals surface area contributed by atoms with Crippen LogP contribution in [0.15, 0.2) is 48.5 Å². The fraction of sp³-hybridized carbons (Fsp3) is 0.250. The van der Waals surface area contributed by atoms with Gasteiger partial charge in [0.1, 0.15) is 0 Å². The standard InChI is InChI=1S/C16H15F3O/c17-16(18,19)15-9-7-14(8-10-15)13-5-3-12(4-6-13)2-1-11-20/h3-10,20H,1-2,11H2. The van der Waals surface area contributed by atoms with Crippen molar-refractivity contribution in [2.45, 2.75) is 19.0 Å². The summed E-state index contributed by atoms with van der Waals surface area (Å²) in [7, 11) is 0. The lowest BCUT2D eigenvalue weighted by Gasteiger charge is -2.08. The van der Waals surface area contributed by atoms with E-state index in [0.717, 1.165) is 35.2 Å². The third kappa shape index (κ3) is 3.61. The Morgan fingerprint density at radius 2 is 1.30 bits per heavy atom. The number of aliphatic hydroxyl groups is 1. The lowest BCUT2D eigenvalue weighted by atomic mass is 10.0. The Hall–Kier alpha value is -1.81. The van der Waals surface area contributed by atoms with Gasteiger partial charge in [0.15, 0.2) is 0 Å². The van der Waals surface area contributed by atoms with Gasteiger partial charge >= 0.3 is 6.18 Å². The summed E-state index contributed by atoms with van der Waals surface area (Å²) in [6.07, 6.45) is -2.80. The van der Waals surface area contributed by atoms with Gasteiger partial charge in [-0.05, 0) is 41.7 Å². The van der Waals surface area contributed by atoms with E-state index in [1.54, 1.807) is 0 Å². The summed E-state index contributed by atoms with van der Waals surface area (Å²) in [6, 6.07) is 12.8. The van der Waals surface area contributed by atoms with E-state index in [9.17, 15) is 13.2 Å². The number of alkyl halides is 3. The van der Waals surface area contributed by atoms with Crippen molar-refractivity contribution in [1.82, 2.24) is 0 Å². The minimum Gasteiger partial charge on any atom is -0.396 e. The molecule has 0 aliphatic rings. The van der Waals surface area contributed by atoms with E-state index in [2.05, 4.69) is 0 Å². The highest BCUT2D eigenvalue weighted by Gasteiger charge is 2.29. The number of hydrogen-bond acceptors (Lipinski definition) is 1. The quantitative estimate of drug-likeness (QED) is 0.885. The molecule has 0 radical (unpaired) electrons. The molecule has 2 aromatic rings. The zero-order valence-corrected chi connectivity index (χ0v) is 10.8. The molecule has 0 aliphatic heterocycles. The molecular formula is C16H15F3O. The predicted molar refractivity (Wildman–Crippen MR) is 72.3 cm³/mol. The molecule has 106 valence electrons. The monoisotopic (exact) mass is 280 g/mol. The second-order valence-corrected chi connectivity index (χ2v) is 4.60. The van der Waals surface area contributed by atoms with Gasteiger partial charge in [0, 0.05) is 6.61 Å². The average Bonchev–Trinajstić information content (AvgIpc) is 2.45. The van der Waals surface area contributed by atoms with Crippen LogP contribution in [-0.2, 0) is 12.6 Å². The molecular weight excluding hydrogens is 265 g/mol. The van der Waals surface area contributed by atoms with Gasteiger partial charge in [0.05, 0.1) is 5.56 Å². The van der Waals surface area contributed by atoms with Gasteiger partial charge in [-0.15, -0.1) is 0 Å². The van der Waals surface area contributed by atoms with Gasteiger partial charge < -0.3 is 5.11 Å². The van der Waals surface area contributed by atoms with Gasteiger partial charge in [0.2, 0.25) is 0 Å². The highest BCUT2D eigenvalue weighted by atomic mass is 19.4. The number of rotatable bonds is 4. The van der Waals surface area contributed by atoms with Crippen LogP contribution in [-0.4, -0.2) is 11.7 Å². The highest BCUT2D eigenvalue weighted by molar-refractivity contribution is 5.64. The molecule has 0 fully saturated rings. The lowest BCUT2D eigenvalue weighted by molar-refractivity contribution is -0.137. The predicted octanol–water partition coefficient (Wildman–Crippen LogP) is 4.30. The summed E-state index contributed by atoms with van der Waals surface area (Å²) >= 11 is 0. The van der Waals surface area contributed by atoms with Crippen molar-refractivity contribution in [2.75, 3.05) is 6.61 Å². The summed E-state index contributed by atoms with van der Waals surface area (Å²) in [4.78, 5) is 0. The molecule has 0 aromatic heterocycles. The van der Waals surface area contributed by atoms with E-state index in [0.29, 0.717) is 6.42 Å². The largest absolute Gasteiger partial charge is 0.416 e. The van der Waals surface area contributed by atoms with Gasteiger partial charge in [-0.25, -0.2) is 0 Å². The Kier molecular flexibility index (Phi) is 4.45. The van der Waals surface area contributed by atoms with Crippen molar-refractivity contribution in [2.24, 2.45) is 0 Å². The van der Waals surface area contributed by atoms with Crippen LogP contribution in [0.5, 0.6) is 0 Å². The normalized spacial score (nSPS) is 11.6. The van der Waals surface area contributed by atoms with Crippen LogP contribution in [0.1, 0.15) is 17.5 Å². The van der Waals surface area contributed by atoms with E-state index in [1.165, 1.54) is 12.1 Å². The average molecular weight is 280 g/mol. The van der Waals surface area contributed by atoms with Crippen LogP contribution in [0.3, 0.4) is 0 Å². The Morgan fingerprint density at radius 1 is 0.800 bits per heavy atom.